The number of anilines is 1. The first kappa shape index (κ1) is 20.8. The van der Waals surface area contributed by atoms with E-state index in [9.17, 15) is 8.42 Å². The van der Waals surface area contributed by atoms with Gasteiger partial charge in [-0.25, -0.2) is 13.4 Å². The van der Waals surface area contributed by atoms with Gasteiger partial charge >= 0.3 is 0 Å². The number of nitrogens with zero attached hydrogens (tertiary/aromatic N) is 3. The van der Waals surface area contributed by atoms with Crippen molar-refractivity contribution in [2.45, 2.75) is 18.2 Å². The van der Waals surface area contributed by atoms with Crippen molar-refractivity contribution in [3.05, 3.63) is 70.7 Å². The number of piperazine rings is 1. The van der Waals surface area contributed by atoms with Crippen LogP contribution in [-0.2, 0) is 16.4 Å². The van der Waals surface area contributed by atoms with Gasteiger partial charge in [0.2, 0.25) is 10.0 Å². The standard InChI is InChI=1S/C22H25N3O3S2/c1-17-6-8-21(9-7-17)30(26,27)25-12-10-24(11-13-25)22-23-19(16-29-22)14-18-4-3-5-20(15-18)28-2/h3-9,15-16H,10-14H2,1-2H3. The summed E-state index contributed by atoms with van der Waals surface area (Å²) in [6.07, 6.45) is 0.746. The number of thiazole rings is 1. The molecule has 1 fully saturated rings. The van der Waals surface area contributed by atoms with Gasteiger partial charge in [-0.3, -0.25) is 0 Å². The Morgan fingerprint density at radius 1 is 1.07 bits per heavy atom. The lowest BCUT2D eigenvalue weighted by Gasteiger charge is -2.33. The molecule has 6 nitrogen and oxygen atoms in total. The Labute approximate surface area is 181 Å². The summed E-state index contributed by atoms with van der Waals surface area (Å²) >= 11 is 1.61. The number of benzene rings is 2. The molecule has 8 heteroatoms. The Morgan fingerprint density at radius 3 is 2.50 bits per heavy atom. The normalized spacial score (nSPS) is 15.3. The minimum atomic E-state index is -3.45. The molecule has 4 rings (SSSR count). The molecular weight excluding hydrogens is 418 g/mol. The first-order chi connectivity index (χ1) is 14.5. The molecule has 2 aromatic carbocycles. The molecule has 1 aliphatic heterocycles. The van der Waals surface area contributed by atoms with Gasteiger partial charge in [0.15, 0.2) is 5.13 Å². The van der Waals surface area contributed by atoms with Gasteiger partial charge in [0.1, 0.15) is 5.75 Å². The van der Waals surface area contributed by atoms with Crippen LogP contribution in [0.25, 0.3) is 0 Å². The highest BCUT2D eigenvalue weighted by Crippen LogP contribution is 2.26. The molecular formula is C22H25N3O3S2. The SMILES string of the molecule is COc1cccc(Cc2csc(N3CCN(S(=O)(=O)c4ccc(C)cc4)CC3)n2)c1. The van der Waals surface area contributed by atoms with E-state index in [1.54, 1.807) is 34.9 Å². The second kappa shape index (κ2) is 8.75. The summed E-state index contributed by atoms with van der Waals surface area (Å²) in [5, 5.41) is 3.02. The lowest BCUT2D eigenvalue weighted by atomic mass is 10.1. The van der Waals surface area contributed by atoms with Gasteiger partial charge in [0.05, 0.1) is 17.7 Å². The van der Waals surface area contributed by atoms with E-state index in [4.69, 9.17) is 9.72 Å². The summed E-state index contributed by atoms with van der Waals surface area (Å²) in [5.74, 6) is 0.842. The number of ether oxygens (including phenoxy) is 1. The van der Waals surface area contributed by atoms with Crippen LogP contribution in [0, 0.1) is 6.92 Å². The fourth-order valence-corrected chi connectivity index (χ4v) is 5.79. The van der Waals surface area contributed by atoms with Gasteiger partial charge in [0, 0.05) is 38.0 Å². The average Bonchev–Trinajstić information content (AvgIpc) is 3.23. The third-order valence-electron chi connectivity index (χ3n) is 5.23. The maximum Gasteiger partial charge on any atom is 0.243 e. The van der Waals surface area contributed by atoms with E-state index in [2.05, 4.69) is 16.3 Å². The van der Waals surface area contributed by atoms with Gasteiger partial charge in [0.25, 0.3) is 0 Å². The zero-order chi connectivity index (χ0) is 21.1. The van der Waals surface area contributed by atoms with Crippen LogP contribution < -0.4 is 9.64 Å². The van der Waals surface area contributed by atoms with E-state index >= 15 is 0 Å². The lowest BCUT2D eigenvalue weighted by Crippen LogP contribution is -2.48. The Hall–Kier alpha value is -2.42. The van der Waals surface area contributed by atoms with Crippen LogP contribution >= 0.6 is 11.3 Å². The summed E-state index contributed by atoms with van der Waals surface area (Å²) in [6.45, 7) is 4.14. The number of hydrogen-bond acceptors (Lipinski definition) is 6. The molecule has 1 saturated heterocycles. The third kappa shape index (κ3) is 4.50. The van der Waals surface area contributed by atoms with Crippen molar-refractivity contribution < 1.29 is 13.2 Å². The molecule has 0 bridgehead atoms. The van der Waals surface area contributed by atoms with Gasteiger partial charge in [-0.2, -0.15) is 4.31 Å². The zero-order valence-corrected chi connectivity index (χ0v) is 18.7. The second-order valence-corrected chi connectivity index (χ2v) is 10.1. The summed E-state index contributed by atoms with van der Waals surface area (Å²) in [6, 6.07) is 15.0. The molecule has 0 atom stereocenters. The number of methoxy groups -OCH3 is 1. The number of rotatable bonds is 6. The number of hydrogen-bond donors (Lipinski definition) is 0. The lowest BCUT2D eigenvalue weighted by molar-refractivity contribution is 0.384. The Morgan fingerprint density at radius 2 is 1.80 bits per heavy atom. The van der Waals surface area contributed by atoms with Crippen molar-refractivity contribution >= 4 is 26.5 Å². The molecule has 0 unspecified atom stereocenters. The molecule has 0 amide bonds. The monoisotopic (exact) mass is 443 g/mol. The van der Waals surface area contributed by atoms with E-state index in [1.807, 2.05) is 37.3 Å². The molecule has 30 heavy (non-hydrogen) atoms. The maximum atomic E-state index is 12.9. The molecule has 1 aromatic heterocycles. The van der Waals surface area contributed by atoms with Gasteiger partial charge in [-0.1, -0.05) is 29.8 Å². The summed E-state index contributed by atoms with van der Waals surface area (Å²) < 4.78 is 32.6. The van der Waals surface area contributed by atoms with Crippen molar-refractivity contribution in [3.63, 3.8) is 0 Å². The average molecular weight is 444 g/mol. The van der Waals surface area contributed by atoms with Crippen LogP contribution in [0.3, 0.4) is 0 Å². The van der Waals surface area contributed by atoms with E-state index < -0.39 is 10.0 Å². The first-order valence-electron chi connectivity index (χ1n) is 9.85. The van der Waals surface area contributed by atoms with Crippen LogP contribution in [0.4, 0.5) is 5.13 Å². The van der Waals surface area contributed by atoms with E-state index in [0.29, 0.717) is 31.1 Å². The van der Waals surface area contributed by atoms with Crippen LogP contribution in [0.5, 0.6) is 5.75 Å². The zero-order valence-electron chi connectivity index (χ0n) is 17.1. The van der Waals surface area contributed by atoms with Crippen LogP contribution in [0.2, 0.25) is 0 Å². The fraction of sp³-hybridized carbons (Fsp3) is 0.318. The molecule has 0 saturated carbocycles. The molecule has 0 radical (unpaired) electrons. The van der Waals surface area contributed by atoms with Crippen molar-refractivity contribution in [1.29, 1.82) is 0 Å². The van der Waals surface area contributed by atoms with Crippen molar-refractivity contribution in [2.75, 3.05) is 38.2 Å². The first-order valence-corrected chi connectivity index (χ1v) is 12.2. The summed E-state index contributed by atoms with van der Waals surface area (Å²) in [5.41, 5.74) is 3.21. The third-order valence-corrected chi connectivity index (χ3v) is 8.09. The van der Waals surface area contributed by atoms with E-state index in [-0.39, 0.29) is 0 Å². The molecule has 3 aromatic rings. The van der Waals surface area contributed by atoms with Gasteiger partial charge < -0.3 is 9.64 Å². The number of sulfonamides is 1. The van der Waals surface area contributed by atoms with Crippen molar-refractivity contribution in [3.8, 4) is 5.75 Å². The Bertz CT molecular complexity index is 1100. The number of aromatic nitrogens is 1. The van der Waals surface area contributed by atoms with Crippen LogP contribution in [0.15, 0.2) is 58.8 Å². The highest BCUT2D eigenvalue weighted by Gasteiger charge is 2.29. The highest BCUT2D eigenvalue weighted by atomic mass is 32.2. The Kier molecular flexibility index (Phi) is 6.08. The molecule has 0 spiro atoms. The van der Waals surface area contributed by atoms with Crippen molar-refractivity contribution in [2.24, 2.45) is 0 Å². The number of aryl methyl sites for hydroxylation is 1. The van der Waals surface area contributed by atoms with Crippen LogP contribution in [0.1, 0.15) is 16.8 Å². The highest BCUT2D eigenvalue weighted by molar-refractivity contribution is 7.89. The Balaban J connectivity index is 1.39. The predicted octanol–water partition coefficient (Wildman–Crippen LogP) is 3.56. The van der Waals surface area contributed by atoms with Crippen molar-refractivity contribution in [1.82, 2.24) is 9.29 Å². The van der Waals surface area contributed by atoms with Gasteiger partial charge in [-0.15, -0.1) is 11.3 Å². The second-order valence-electron chi connectivity index (χ2n) is 7.35. The van der Waals surface area contributed by atoms with Gasteiger partial charge in [-0.05, 0) is 36.8 Å². The van der Waals surface area contributed by atoms with E-state index in [0.717, 1.165) is 34.1 Å². The quantitative estimate of drug-likeness (QED) is 0.583. The molecule has 0 N–H and O–H groups in total. The minimum absolute atomic E-state index is 0.358. The molecule has 1 aliphatic rings. The fourth-order valence-electron chi connectivity index (χ4n) is 3.49. The molecule has 0 aliphatic carbocycles. The van der Waals surface area contributed by atoms with Crippen LogP contribution in [-0.4, -0.2) is 51.0 Å². The van der Waals surface area contributed by atoms with E-state index in [1.165, 1.54) is 0 Å². The summed E-state index contributed by atoms with van der Waals surface area (Å²) in [7, 11) is -1.78. The smallest absolute Gasteiger partial charge is 0.243 e. The predicted molar refractivity (Wildman–Crippen MR) is 120 cm³/mol. The molecule has 2 heterocycles. The molecule has 158 valence electrons. The summed E-state index contributed by atoms with van der Waals surface area (Å²) in [4.78, 5) is 7.30. The topological polar surface area (TPSA) is 62.7 Å². The largest absolute Gasteiger partial charge is 0.497 e. The minimum Gasteiger partial charge on any atom is -0.497 e. The maximum absolute atomic E-state index is 12.9.